The summed E-state index contributed by atoms with van der Waals surface area (Å²) in [5.41, 5.74) is 0. The Morgan fingerprint density at radius 2 is 1.92 bits per heavy atom. The van der Waals surface area contributed by atoms with E-state index in [1.54, 1.807) is 12.1 Å². The Kier molecular flexibility index (Phi) is 7.21. The lowest BCUT2D eigenvalue weighted by Gasteiger charge is -2.17. The van der Waals surface area contributed by atoms with E-state index in [-0.39, 0.29) is 12.3 Å². The van der Waals surface area contributed by atoms with Crippen LogP contribution < -0.4 is 5.32 Å². The van der Waals surface area contributed by atoms with Crippen molar-refractivity contribution >= 4 is 27.3 Å². The van der Waals surface area contributed by atoms with Gasteiger partial charge in [-0.25, -0.2) is 8.42 Å². The zero-order chi connectivity index (χ0) is 17.6. The smallest absolute Gasteiger partial charge is 0.252 e. The molecule has 1 aliphatic rings. The molecule has 0 unspecified atom stereocenters. The van der Waals surface area contributed by atoms with Crippen molar-refractivity contribution in [2.45, 2.75) is 37.3 Å². The number of likely N-dealkylation sites (N-methyl/N-ethyl adjacent to an activating group) is 1. The second kappa shape index (κ2) is 8.94. The molecule has 0 aliphatic carbocycles. The van der Waals surface area contributed by atoms with E-state index in [1.165, 1.54) is 15.6 Å². The molecule has 1 aliphatic heterocycles. The molecule has 0 atom stereocenters. The number of hydrogen-bond donors (Lipinski definition) is 1. The van der Waals surface area contributed by atoms with Gasteiger partial charge < -0.3 is 10.2 Å². The van der Waals surface area contributed by atoms with Crippen molar-refractivity contribution in [3.8, 4) is 0 Å². The van der Waals surface area contributed by atoms with Crippen molar-refractivity contribution in [2.75, 3.05) is 39.3 Å². The van der Waals surface area contributed by atoms with E-state index in [0.29, 0.717) is 23.8 Å². The highest BCUT2D eigenvalue weighted by molar-refractivity contribution is 7.91. The molecule has 6 nitrogen and oxygen atoms in total. The number of sulfonamides is 1. The number of rotatable bonds is 9. The lowest BCUT2D eigenvalue weighted by atomic mass is 10.3. The third-order valence-corrected chi connectivity index (χ3v) is 7.73. The maximum absolute atomic E-state index is 12.5. The molecule has 0 aromatic carbocycles. The van der Waals surface area contributed by atoms with Crippen LogP contribution >= 0.6 is 11.3 Å². The van der Waals surface area contributed by atoms with Crippen LogP contribution in [0.15, 0.2) is 16.3 Å². The van der Waals surface area contributed by atoms with Gasteiger partial charge in [0, 0.05) is 31.1 Å². The highest BCUT2D eigenvalue weighted by atomic mass is 32.2. The third kappa shape index (κ3) is 5.02. The molecule has 8 heteroatoms. The van der Waals surface area contributed by atoms with Gasteiger partial charge in [0.1, 0.15) is 4.21 Å². The molecule has 1 amide bonds. The molecule has 1 aromatic heterocycles. The minimum atomic E-state index is -3.38. The van der Waals surface area contributed by atoms with Crippen molar-refractivity contribution in [3.63, 3.8) is 0 Å². The monoisotopic (exact) mass is 373 g/mol. The number of nitrogens with one attached hydrogen (secondary N) is 1. The number of thiophene rings is 1. The Bertz CT molecular complexity index is 633. The summed E-state index contributed by atoms with van der Waals surface area (Å²) in [5, 5.41) is 2.90. The molecule has 0 bridgehead atoms. The minimum Gasteiger partial charge on any atom is -0.355 e. The van der Waals surface area contributed by atoms with Gasteiger partial charge in [0.25, 0.3) is 10.0 Å². The van der Waals surface area contributed by atoms with E-state index < -0.39 is 10.0 Å². The van der Waals surface area contributed by atoms with Crippen LogP contribution in [0, 0.1) is 0 Å². The number of amides is 1. The van der Waals surface area contributed by atoms with Crippen molar-refractivity contribution < 1.29 is 13.2 Å². The molecule has 24 heavy (non-hydrogen) atoms. The standard InChI is InChI=1S/C16H27N3O3S2/c1-3-18(4-2)12-9-17-15(20)13-14-7-8-16(23-14)24(21,22)19-10-5-6-11-19/h7-8H,3-6,9-13H2,1-2H3,(H,17,20). The lowest BCUT2D eigenvalue weighted by Crippen LogP contribution is -2.35. The van der Waals surface area contributed by atoms with Gasteiger partial charge in [-0.3, -0.25) is 4.79 Å². The van der Waals surface area contributed by atoms with Crippen LogP contribution in [0.1, 0.15) is 31.6 Å². The largest absolute Gasteiger partial charge is 0.355 e. The molecule has 0 spiro atoms. The van der Waals surface area contributed by atoms with Crippen molar-refractivity contribution in [2.24, 2.45) is 0 Å². The first-order chi connectivity index (χ1) is 11.5. The summed E-state index contributed by atoms with van der Waals surface area (Å²) < 4.78 is 26.8. The first kappa shape index (κ1) is 19.4. The molecule has 1 saturated heterocycles. The molecule has 1 aromatic rings. The SMILES string of the molecule is CCN(CC)CCNC(=O)Cc1ccc(S(=O)(=O)N2CCCC2)s1. The van der Waals surface area contributed by atoms with Crippen LogP contribution in [0.4, 0.5) is 0 Å². The molecule has 136 valence electrons. The van der Waals surface area contributed by atoms with Gasteiger partial charge in [-0.2, -0.15) is 4.31 Å². The first-order valence-corrected chi connectivity index (χ1v) is 10.8. The summed E-state index contributed by atoms with van der Waals surface area (Å²) in [5.74, 6) is -0.0610. The van der Waals surface area contributed by atoms with Gasteiger partial charge in [-0.15, -0.1) is 11.3 Å². The Hall–Kier alpha value is -0.960. The number of carbonyl (C=O) groups excluding carboxylic acids is 1. The van der Waals surface area contributed by atoms with Crippen LogP contribution in [0.3, 0.4) is 0 Å². The minimum absolute atomic E-state index is 0.0610. The number of carbonyl (C=O) groups is 1. The molecule has 0 radical (unpaired) electrons. The van der Waals surface area contributed by atoms with Crippen LogP contribution in [-0.2, 0) is 21.2 Å². The van der Waals surface area contributed by atoms with Crippen LogP contribution in [0.5, 0.6) is 0 Å². The van der Waals surface area contributed by atoms with Crippen molar-refractivity contribution in [3.05, 3.63) is 17.0 Å². The predicted octanol–water partition coefficient (Wildman–Crippen LogP) is 1.53. The van der Waals surface area contributed by atoms with Gasteiger partial charge in [-0.05, 0) is 38.1 Å². The molecule has 2 rings (SSSR count). The summed E-state index contributed by atoms with van der Waals surface area (Å²) in [4.78, 5) is 15.0. The van der Waals surface area contributed by atoms with Crippen LogP contribution in [0.25, 0.3) is 0 Å². The number of hydrogen-bond acceptors (Lipinski definition) is 5. The van der Waals surface area contributed by atoms with Crippen molar-refractivity contribution in [1.82, 2.24) is 14.5 Å². The lowest BCUT2D eigenvalue weighted by molar-refractivity contribution is -0.120. The topological polar surface area (TPSA) is 69.7 Å². The maximum Gasteiger partial charge on any atom is 0.252 e. The highest BCUT2D eigenvalue weighted by Crippen LogP contribution is 2.27. The quantitative estimate of drug-likeness (QED) is 0.713. The number of nitrogens with zero attached hydrogens (tertiary/aromatic N) is 2. The summed E-state index contributed by atoms with van der Waals surface area (Å²) in [7, 11) is -3.38. The normalized spacial score (nSPS) is 16.0. The van der Waals surface area contributed by atoms with Gasteiger partial charge in [0.2, 0.25) is 5.91 Å². The zero-order valence-corrected chi connectivity index (χ0v) is 16.1. The van der Waals surface area contributed by atoms with E-state index in [2.05, 4.69) is 24.1 Å². The Morgan fingerprint density at radius 1 is 1.25 bits per heavy atom. The summed E-state index contributed by atoms with van der Waals surface area (Å²) >= 11 is 1.20. The Labute approximate surface area is 148 Å². The Balaban J connectivity index is 1.86. The van der Waals surface area contributed by atoms with Crippen LogP contribution in [-0.4, -0.2) is 62.8 Å². The fourth-order valence-electron chi connectivity index (χ4n) is 2.76. The maximum atomic E-state index is 12.5. The molecule has 1 fully saturated rings. The fraction of sp³-hybridized carbons (Fsp3) is 0.688. The average molecular weight is 374 g/mol. The summed E-state index contributed by atoms with van der Waals surface area (Å²) in [6.45, 7) is 8.77. The first-order valence-electron chi connectivity index (χ1n) is 8.55. The van der Waals surface area contributed by atoms with E-state index in [4.69, 9.17) is 0 Å². The summed E-state index contributed by atoms with van der Waals surface area (Å²) in [6.07, 6.45) is 2.08. The van der Waals surface area contributed by atoms with E-state index in [0.717, 1.165) is 37.4 Å². The van der Waals surface area contributed by atoms with Gasteiger partial charge in [-0.1, -0.05) is 13.8 Å². The van der Waals surface area contributed by atoms with Crippen molar-refractivity contribution in [1.29, 1.82) is 0 Å². The second-order valence-corrected chi connectivity index (χ2v) is 9.22. The molecule has 1 N–H and O–H groups in total. The highest BCUT2D eigenvalue weighted by Gasteiger charge is 2.28. The van der Waals surface area contributed by atoms with E-state index >= 15 is 0 Å². The molecular weight excluding hydrogens is 346 g/mol. The molecular formula is C16H27N3O3S2. The summed E-state index contributed by atoms with van der Waals surface area (Å²) in [6, 6.07) is 3.37. The van der Waals surface area contributed by atoms with E-state index in [9.17, 15) is 13.2 Å². The van der Waals surface area contributed by atoms with Gasteiger partial charge >= 0.3 is 0 Å². The fourth-order valence-corrected chi connectivity index (χ4v) is 5.79. The van der Waals surface area contributed by atoms with Gasteiger partial charge in [0.05, 0.1) is 6.42 Å². The third-order valence-electron chi connectivity index (χ3n) is 4.28. The predicted molar refractivity (Wildman–Crippen MR) is 96.8 cm³/mol. The van der Waals surface area contributed by atoms with Gasteiger partial charge in [0.15, 0.2) is 0 Å². The average Bonchev–Trinajstić information content (AvgIpc) is 3.23. The van der Waals surface area contributed by atoms with E-state index in [1.807, 2.05) is 0 Å². The van der Waals surface area contributed by atoms with Crippen LogP contribution in [0.2, 0.25) is 0 Å². The zero-order valence-electron chi connectivity index (χ0n) is 14.5. The molecule has 0 saturated carbocycles. The second-order valence-electron chi connectivity index (χ2n) is 5.89. The Morgan fingerprint density at radius 3 is 2.54 bits per heavy atom. The molecule has 2 heterocycles.